The van der Waals surface area contributed by atoms with Crippen LogP contribution in [0.25, 0.3) is 0 Å². The van der Waals surface area contributed by atoms with Gasteiger partial charge in [0.2, 0.25) is 11.8 Å². The highest BCUT2D eigenvalue weighted by Crippen LogP contribution is 2.17. The lowest BCUT2D eigenvalue weighted by Gasteiger charge is -2.21. The molecule has 0 unspecified atom stereocenters. The summed E-state index contributed by atoms with van der Waals surface area (Å²) in [5.41, 5.74) is 3.71. The first-order chi connectivity index (χ1) is 11.0. The summed E-state index contributed by atoms with van der Waals surface area (Å²) >= 11 is 0. The molecule has 0 aromatic heterocycles. The van der Waals surface area contributed by atoms with Gasteiger partial charge in [-0.3, -0.25) is 9.59 Å². The van der Waals surface area contributed by atoms with Crippen LogP contribution in [-0.2, 0) is 16.0 Å². The summed E-state index contributed by atoms with van der Waals surface area (Å²) in [6.45, 7) is 5.49. The number of nitrogens with one attached hydrogen (secondary N) is 1. The number of para-hydroxylation sites is 1. The molecule has 2 rings (SSSR count). The molecule has 0 spiro atoms. The van der Waals surface area contributed by atoms with E-state index in [2.05, 4.69) is 5.32 Å². The fourth-order valence-electron chi connectivity index (χ4n) is 2.39. The molecule has 0 heterocycles. The van der Waals surface area contributed by atoms with Crippen LogP contribution >= 0.6 is 0 Å². The third-order valence-corrected chi connectivity index (χ3v) is 3.70. The van der Waals surface area contributed by atoms with Crippen molar-refractivity contribution >= 4 is 23.2 Å². The van der Waals surface area contributed by atoms with Crippen molar-refractivity contribution in [1.82, 2.24) is 0 Å². The van der Waals surface area contributed by atoms with Crippen LogP contribution < -0.4 is 10.2 Å². The number of nitrogens with zero attached hydrogens (tertiary/aromatic N) is 1. The molecule has 0 saturated heterocycles. The normalized spacial score (nSPS) is 10.2. The number of anilines is 2. The molecule has 23 heavy (non-hydrogen) atoms. The second-order valence-electron chi connectivity index (χ2n) is 5.50. The van der Waals surface area contributed by atoms with E-state index in [1.54, 1.807) is 0 Å². The first kappa shape index (κ1) is 16.7. The van der Waals surface area contributed by atoms with Gasteiger partial charge in [0.05, 0.1) is 0 Å². The summed E-state index contributed by atoms with van der Waals surface area (Å²) in [6, 6.07) is 15.2. The number of hydrogen-bond donors (Lipinski definition) is 1. The van der Waals surface area contributed by atoms with Gasteiger partial charge in [0.15, 0.2) is 0 Å². The van der Waals surface area contributed by atoms with Gasteiger partial charge in [-0.25, -0.2) is 0 Å². The molecule has 0 atom stereocenters. The quantitative estimate of drug-likeness (QED) is 0.918. The van der Waals surface area contributed by atoms with Crippen molar-refractivity contribution in [3.63, 3.8) is 0 Å². The molecule has 0 fully saturated rings. The predicted octanol–water partition coefficient (Wildman–Crippen LogP) is 3.55. The molecule has 120 valence electrons. The van der Waals surface area contributed by atoms with E-state index in [4.69, 9.17) is 0 Å². The van der Waals surface area contributed by atoms with Gasteiger partial charge in [0, 0.05) is 18.3 Å². The van der Waals surface area contributed by atoms with Gasteiger partial charge in [0.1, 0.15) is 6.54 Å². The fourth-order valence-corrected chi connectivity index (χ4v) is 2.39. The molecule has 0 radical (unpaired) electrons. The Morgan fingerprint density at radius 3 is 2.30 bits per heavy atom. The number of aryl methyl sites for hydroxylation is 2. The maximum Gasteiger partial charge on any atom is 0.244 e. The van der Waals surface area contributed by atoms with Crippen molar-refractivity contribution in [2.45, 2.75) is 27.2 Å². The molecular formula is C19H22N2O2. The summed E-state index contributed by atoms with van der Waals surface area (Å²) in [4.78, 5) is 25.7. The van der Waals surface area contributed by atoms with Crippen LogP contribution in [0.2, 0.25) is 0 Å². The standard InChI is InChI=1S/C19H22N2O2/c1-4-16-7-5-6-8-18(16)20-19(23)13-21(15(3)22)17-11-9-14(2)10-12-17/h5-12H,4,13H2,1-3H3,(H,20,23). The molecule has 0 bridgehead atoms. The Morgan fingerprint density at radius 2 is 1.70 bits per heavy atom. The fraction of sp³-hybridized carbons (Fsp3) is 0.263. The van der Waals surface area contributed by atoms with E-state index < -0.39 is 0 Å². The summed E-state index contributed by atoms with van der Waals surface area (Å²) in [6.07, 6.45) is 0.838. The van der Waals surface area contributed by atoms with E-state index in [0.29, 0.717) is 0 Å². The lowest BCUT2D eigenvalue weighted by Crippen LogP contribution is -2.36. The zero-order valence-corrected chi connectivity index (χ0v) is 13.8. The van der Waals surface area contributed by atoms with E-state index in [-0.39, 0.29) is 18.4 Å². The van der Waals surface area contributed by atoms with Crippen LogP contribution in [0.1, 0.15) is 25.0 Å². The van der Waals surface area contributed by atoms with Crippen LogP contribution in [0.15, 0.2) is 48.5 Å². The predicted molar refractivity (Wildman–Crippen MR) is 93.7 cm³/mol. The molecule has 4 nitrogen and oxygen atoms in total. The number of carbonyl (C=O) groups excluding carboxylic acids is 2. The second-order valence-corrected chi connectivity index (χ2v) is 5.50. The van der Waals surface area contributed by atoms with Crippen LogP contribution in [0.5, 0.6) is 0 Å². The van der Waals surface area contributed by atoms with Gasteiger partial charge < -0.3 is 10.2 Å². The first-order valence-corrected chi connectivity index (χ1v) is 7.73. The lowest BCUT2D eigenvalue weighted by atomic mass is 10.1. The number of amides is 2. The number of benzene rings is 2. The van der Waals surface area contributed by atoms with Crippen LogP contribution in [0.3, 0.4) is 0 Å². The molecule has 0 saturated carbocycles. The third kappa shape index (κ3) is 4.42. The molecule has 2 amide bonds. The van der Waals surface area contributed by atoms with Crippen molar-refractivity contribution in [2.75, 3.05) is 16.8 Å². The first-order valence-electron chi connectivity index (χ1n) is 7.73. The Morgan fingerprint density at radius 1 is 1.04 bits per heavy atom. The largest absolute Gasteiger partial charge is 0.324 e. The van der Waals surface area contributed by atoms with E-state index in [1.165, 1.54) is 11.8 Å². The Hall–Kier alpha value is -2.62. The molecule has 4 heteroatoms. The van der Waals surface area contributed by atoms with Gasteiger partial charge in [-0.05, 0) is 37.1 Å². The Kier molecular flexibility index (Phi) is 5.52. The van der Waals surface area contributed by atoms with E-state index >= 15 is 0 Å². The van der Waals surface area contributed by atoms with Gasteiger partial charge in [-0.15, -0.1) is 0 Å². The van der Waals surface area contributed by atoms with Gasteiger partial charge >= 0.3 is 0 Å². The minimum absolute atomic E-state index is 0.00353. The van der Waals surface area contributed by atoms with Crippen molar-refractivity contribution in [3.8, 4) is 0 Å². The van der Waals surface area contributed by atoms with Gasteiger partial charge in [-0.2, -0.15) is 0 Å². The van der Waals surface area contributed by atoms with Crippen molar-refractivity contribution < 1.29 is 9.59 Å². The zero-order chi connectivity index (χ0) is 16.8. The average Bonchev–Trinajstić information content (AvgIpc) is 2.54. The monoisotopic (exact) mass is 310 g/mol. The Balaban J connectivity index is 2.12. The molecule has 1 N–H and O–H groups in total. The molecule has 0 aliphatic rings. The summed E-state index contributed by atoms with van der Waals surface area (Å²) < 4.78 is 0. The van der Waals surface area contributed by atoms with Crippen molar-refractivity contribution in [3.05, 3.63) is 59.7 Å². The second kappa shape index (κ2) is 7.58. The van der Waals surface area contributed by atoms with Crippen LogP contribution in [-0.4, -0.2) is 18.4 Å². The van der Waals surface area contributed by atoms with Crippen molar-refractivity contribution in [1.29, 1.82) is 0 Å². The highest BCUT2D eigenvalue weighted by atomic mass is 16.2. The number of carbonyl (C=O) groups is 2. The molecule has 0 aliphatic carbocycles. The maximum atomic E-state index is 12.3. The topological polar surface area (TPSA) is 49.4 Å². The van der Waals surface area contributed by atoms with E-state index in [1.807, 2.05) is 62.4 Å². The van der Waals surface area contributed by atoms with E-state index in [0.717, 1.165) is 28.9 Å². The minimum atomic E-state index is -0.207. The number of rotatable bonds is 5. The molecular weight excluding hydrogens is 288 g/mol. The highest BCUT2D eigenvalue weighted by Gasteiger charge is 2.16. The average molecular weight is 310 g/mol. The molecule has 0 aliphatic heterocycles. The Labute approximate surface area is 137 Å². The summed E-state index contributed by atoms with van der Waals surface area (Å²) in [5, 5.41) is 2.90. The zero-order valence-electron chi connectivity index (χ0n) is 13.8. The van der Waals surface area contributed by atoms with E-state index in [9.17, 15) is 9.59 Å². The van der Waals surface area contributed by atoms with Gasteiger partial charge in [0.25, 0.3) is 0 Å². The van der Waals surface area contributed by atoms with Crippen molar-refractivity contribution in [2.24, 2.45) is 0 Å². The molecule has 2 aromatic carbocycles. The maximum absolute atomic E-state index is 12.3. The smallest absolute Gasteiger partial charge is 0.244 e. The highest BCUT2D eigenvalue weighted by molar-refractivity contribution is 6.02. The van der Waals surface area contributed by atoms with Gasteiger partial charge in [-0.1, -0.05) is 42.8 Å². The van der Waals surface area contributed by atoms with Crippen LogP contribution in [0, 0.1) is 6.92 Å². The molecule has 2 aromatic rings. The Bertz CT molecular complexity index is 693. The lowest BCUT2D eigenvalue weighted by molar-refractivity contribution is -0.120. The third-order valence-electron chi connectivity index (χ3n) is 3.70. The summed E-state index contributed by atoms with van der Waals surface area (Å²) in [5.74, 6) is -0.366. The van der Waals surface area contributed by atoms with Crippen LogP contribution in [0.4, 0.5) is 11.4 Å². The SMILES string of the molecule is CCc1ccccc1NC(=O)CN(C(C)=O)c1ccc(C)cc1. The minimum Gasteiger partial charge on any atom is -0.324 e. The number of hydrogen-bond acceptors (Lipinski definition) is 2. The summed E-state index contributed by atoms with van der Waals surface area (Å²) in [7, 11) is 0.